The van der Waals surface area contributed by atoms with Crippen LogP contribution in [-0.4, -0.2) is 18.9 Å². The molecule has 1 N–H and O–H groups in total. The molecule has 2 heterocycles. The number of H-pyrrole nitrogens is 1. The van der Waals surface area contributed by atoms with E-state index in [2.05, 4.69) is 49.3 Å². The molecule has 0 amide bonds. The van der Waals surface area contributed by atoms with Crippen LogP contribution >= 0.6 is 22.6 Å². The maximum atomic E-state index is 4.44. The second-order valence-corrected chi connectivity index (χ2v) is 4.56. The van der Waals surface area contributed by atoms with E-state index in [1.54, 1.807) is 12.3 Å². The molecule has 0 radical (unpaired) electrons. The van der Waals surface area contributed by atoms with Gasteiger partial charge >= 0.3 is 0 Å². The molecule has 2 aromatic rings. The third-order valence-corrected chi connectivity index (χ3v) is 2.97. The maximum absolute atomic E-state index is 4.44. The number of allylic oxidation sites excluding steroid dienone is 1. The zero-order valence-corrected chi connectivity index (χ0v) is 11.5. The number of halogens is 1. The van der Waals surface area contributed by atoms with E-state index in [9.17, 15) is 0 Å². The summed E-state index contributed by atoms with van der Waals surface area (Å²) < 4.78 is 0.844. The van der Waals surface area contributed by atoms with Crippen LogP contribution in [0, 0.1) is 6.92 Å². The van der Waals surface area contributed by atoms with E-state index in [0.717, 1.165) is 26.2 Å². The number of aromatic amines is 1. The molecule has 0 saturated heterocycles. The van der Waals surface area contributed by atoms with Gasteiger partial charge < -0.3 is 0 Å². The molecule has 0 aliphatic carbocycles. The van der Waals surface area contributed by atoms with Crippen LogP contribution in [0.4, 0.5) is 5.69 Å². The molecule has 0 aromatic carbocycles. The summed E-state index contributed by atoms with van der Waals surface area (Å²) in [5, 5.41) is 6.70. The molecule has 4 nitrogen and oxygen atoms in total. The van der Waals surface area contributed by atoms with Gasteiger partial charge in [0.05, 0.1) is 17.6 Å². The fourth-order valence-corrected chi connectivity index (χ4v) is 1.62. The van der Waals surface area contributed by atoms with Crippen LogP contribution in [0.5, 0.6) is 0 Å². The lowest BCUT2D eigenvalue weighted by atomic mass is 10.1. The van der Waals surface area contributed by atoms with Crippen molar-refractivity contribution in [3.05, 3.63) is 43.0 Å². The summed E-state index contributed by atoms with van der Waals surface area (Å²) in [5.74, 6) is 0. The molecule has 0 aliphatic rings. The second-order valence-electron chi connectivity index (χ2n) is 3.45. The summed E-state index contributed by atoms with van der Waals surface area (Å²) in [6.45, 7) is 5.62. The van der Waals surface area contributed by atoms with Crippen molar-refractivity contribution >= 4 is 32.0 Å². The van der Waals surface area contributed by atoms with Crippen molar-refractivity contribution in [2.24, 2.45) is 4.99 Å². The largest absolute Gasteiger partial charge is 0.285 e. The van der Waals surface area contributed by atoms with E-state index in [1.807, 2.05) is 25.4 Å². The Morgan fingerprint density at radius 2 is 2.29 bits per heavy atom. The van der Waals surface area contributed by atoms with Crippen molar-refractivity contribution in [1.29, 1.82) is 0 Å². The standard InChI is InChI=1S/C12H11IN4/c1-3-12(13)17-11-4-9(5-14-8(11)2)10-6-15-16-7-10/h3-7H,1H2,2H3,(H,15,16)/b17-12+. The van der Waals surface area contributed by atoms with Crippen molar-refractivity contribution in [2.75, 3.05) is 0 Å². The monoisotopic (exact) mass is 338 g/mol. The minimum absolute atomic E-state index is 0.844. The van der Waals surface area contributed by atoms with Gasteiger partial charge in [0, 0.05) is 23.5 Å². The van der Waals surface area contributed by atoms with Gasteiger partial charge in [-0.2, -0.15) is 5.10 Å². The smallest absolute Gasteiger partial charge is 0.101 e. The van der Waals surface area contributed by atoms with Crippen LogP contribution < -0.4 is 0 Å². The van der Waals surface area contributed by atoms with E-state index < -0.39 is 0 Å². The summed E-state index contributed by atoms with van der Waals surface area (Å²) in [6, 6.07) is 2.00. The third-order valence-electron chi connectivity index (χ3n) is 2.29. The Bertz CT molecular complexity index is 558. The summed E-state index contributed by atoms with van der Waals surface area (Å²) in [7, 11) is 0. The first kappa shape index (κ1) is 12.0. The first-order valence-electron chi connectivity index (χ1n) is 5.03. The van der Waals surface area contributed by atoms with Crippen LogP contribution in [0.1, 0.15) is 5.69 Å². The third kappa shape index (κ3) is 2.79. The summed E-state index contributed by atoms with van der Waals surface area (Å²) >= 11 is 2.14. The Morgan fingerprint density at radius 1 is 1.47 bits per heavy atom. The number of rotatable bonds is 3. The van der Waals surface area contributed by atoms with Gasteiger partial charge in [0.25, 0.3) is 0 Å². The lowest BCUT2D eigenvalue weighted by Gasteiger charge is -2.02. The van der Waals surface area contributed by atoms with Gasteiger partial charge in [-0.25, -0.2) is 4.99 Å². The number of aryl methyl sites for hydroxylation is 1. The van der Waals surface area contributed by atoms with E-state index in [-0.39, 0.29) is 0 Å². The Hall–Kier alpha value is -1.50. The highest BCUT2D eigenvalue weighted by atomic mass is 127. The van der Waals surface area contributed by atoms with E-state index in [1.165, 1.54) is 0 Å². The lowest BCUT2D eigenvalue weighted by molar-refractivity contribution is 1.09. The number of nitrogens with zero attached hydrogens (tertiary/aromatic N) is 3. The Balaban J connectivity index is 2.46. The number of aliphatic imine (C=N–C) groups is 1. The summed E-state index contributed by atoms with van der Waals surface area (Å²) in [6.07, 6.45) is 7.13. The molecule has 17 heavy (non-hydrogen) atoms. The van der Waals surface area contributed by atoms with E-state index in [0.29, 0.717) is 0 Å². The second kappa shape index (κ2) is 5.22. The molecule has 2 aromatic heterocycles. The van der Waals surface area contributed by atoms with Crippen LogP contribution in [0.15, 0.2) is 42.3 Å². The van der Waals surface area contributed by atoms with Crippen molar-refractivity contribution in [2.45, 2.75) is 6.92 Å². The van der Waals surface area contributed by atoms with Crippen LogP contribution in [0.25, 0.3) is 11.1 Å². The van der Waals surface area contributed by atoms with Gasteiger partial charge in [0.2, 0.25) is 0 Å². The highest BCUT2D eigenvalue weighted by Gasteiger charge is 2.04. The highest BCUT2D eigenvalue weighted by Crippen LogP contribution is 2.25. The Morgan fingerprint density at radius 3 is 2.94 bits per heavy atom. The first-order valence-corrected chi connectivity index (χ1v) is 6.11. The minimum atomic E-state index is 0.844. The average Bonchev–Trinajstić information content (AvgIpc) is 2.85. The molecule has 0 bridgehead atoms. The quantitative estimate of drug-likeness (QED) is 0.689. The SMILES string of the molecule is C=C/C(I)=N\c1cc(-c2cn[nH]c2)cnc1C. The van der Waals surface area contributed by atoms with Gasteiger partial charge in [-0.3, -0.25) is 10.1 Å². The molecule has 0 unspecified atom stereocenters. The number of nitrogens with one attached hydrogen (secondary N) is 1. The topological polar surface area (TPSA) is 53.9 Å². The molecule has 0 saturated carbocycles. The number of hydrogen-bond acceptors (Lipinski definition) is 3. The molecule has 86 valence electrons. The van der Waals surface area contributed by atoms with Gasteiger partial charge in [-0.05, 0) is 41.7 Å². The predicted molar refractivity (Wildman–Crippen MR) is 77.9 cm³/mol. The molecule has 0 aliphatic heterocycles. The normalized spacial score (nSPS) is 11.5. The first-order chi connectivity index (χ1) is 8.20. The molecule has 0 atom stereocenters. The van der Waals surface area contributed by atoms with Crippen molar-refractivity contribution in [1.82, 2.24) is 15.2 Å². The number of aromatic nitrogens is 3. The zero-order valence-electron chi connectivity index (χ0n) is 9.31. The van der Waals surface area contributed by atoms with Crippen LogP contribution in [-0.2, 0) is 0 Å². The van der Waals surface area contributed by atoms with Gasteiger partial charge in [0.1, 0.15) is 3.72 Å². The summed E-state index contributed by atoms with van der Waals surface area (Å²) in [5.41, 5.74) is 3.75. The zero-order chi connectivity index (χ0) is 12.3. The van der Waals surface area contributed by atoms with Crippen LogP contribution in [0.3, 0.4) is 0 Å². The molecule has 5 heteroatoms. The fraction of sp³-hybridized carbons (Fsp3) is 0.0833. The molecule has 0 spiro atoms. The molecular formula is C12H11IN4. The predicted octanol–water partition coefficient (Wildman–Crippen LogP) is 3.43. The van der Waals surface area contributed by atoms with E-state index in [4.69, 9.17) is 0 Å². The minimum Gasteiger partial charge on any atom is -0.285 e. The average molecular weight is 338 g/mol. The summed E-state index contributed by atoms with van der Waals surface area (Å²) in [4.78, 5) is 8.78. The highest BCUT2D eigenvalue weighted by molar-refractivity contribution is 14.1. The lowest BCUT2D eigenvalue weighted by Crippen LogP contribution is -1.86. The van der Waals surface area contributed by atoms with Gasteiger partial charge in [-0.1, -0.05) is 6.58 Å². The van der Waals surface area contributed by atoms with Gasteiger partial charge in [0.15, 0.2) is 0 Å². The van der Waals surface area contributed by atoms with Crippen molar-refractivity contribution < 1.29 is 0 Å². The maximum Gasteiger partial charge on any atom is 0.101 e. The number of hydrogen-bond donors (Lipinski definition) is 1. The Labute approximate surface area is 113 Å². The van der Waals surface area contributed by atoms with Crippen molar-refractivity contribution in [3.8, 4) is 11.1 Å². The molecule has 2 rings (SSSR count). The Kier molecular flexibility index (Phi) is 3.68. The molecular weight excluding hydrogens is 327 g/mol. The van der Waals surface area contributed by atoms with Gasteiger partial charge in [-0.15, -0.1) is 0 Å². The number of pyridine rings is 1. The van der Waals surface area contributed by atoms with Crippen LogP contribution in [0.2, 0.25) is 0 Å². The molecule has 0 fully saturated rings. The van der Waals surface area contributed by atoms with Crippen molar-refractivity contribution in [3.63, 3.8) is 0 Å². The fourth-order valence-electron chi connectivity index (χ4n) is 1.36. The van der Waals surface area contributed by atoms with E-state index >= 15 is 0 Å².